The van der Waals surface area contributed by atoms with Crippen molar-refractivity contribution in [1.29, 1.82) is 0 Å². The molecule has 0 radical (unpaired) electrons. The van der Waals surface area contributed by atoms with E-state index in [-0.39, 0.29) is 12.4 Å². The minimum Gasteiger partial charge on any atom is -0.392 e. The van der Waals surface area contributed by atoms with Gasteiger partial charge in [0.1, 0.15) is 5.78 Å². The first kappa shape index (κ1) is 9.93. The quantitative estimate of drug-likeness (QED) is 0.763. The molecule has 1 aromatic carbocycles. The Bertz CT molecular complexity index is 316. The second kappa shape index (κ2) is 4.19. The zero-order valence-electron chi connectivity index (χ0n) is 8.00. The van der Waals surface area contributed by atoms with E-state index >= 15 is 0 Å². The average molecular weight is 178 g/mol. The van der Waals surface area contributed by atoms with Crippen LogP contribution < -0.4 is 0 Å². The topological polar surface area (TPSA) is 37.3 Å². The summed E-state index contributed by atoms with van der Waals surface area (Å²) < 4.78 is 0. The van der Waals surface area contributed by atoms with E-state index in [1.165, 1.54) is 0 Å². The van der Waals surface area contributed by atoms with Gasteiger partial charge in [-0.1, -0.05) is 23.8 Å². The lowest BCUT2D eigenvalue weighted by Crippen LogP contribution is -2.01. The molecular formula is C11H14O2. The second-order valence-electron chi connectivity index (χ2n) is 3.31. The van der Waals surface area contributed by atoms with Gasteiger partial charge in [-0.05, 0) is 25.0 Å². The highest BCUT2D eigenvalue weighted by Crippen LogP contribution is 2.12. The van der Waals surface area contributed by atoms with Crippen LogP contribution in [0.3, 0.4) is 0 Å². The number of hydrogen-bond donors (Lipinski definition) is 1. The summed E-state index contributed by atoms with van der Waals surface area (Å²) in [6.07, 6.45) is 0.413. The van der Waals surface area contributed by atoms with Gasteiger partial charge in [0.25, 0.3) is 0 Å². The monoisotopic (exact) mass is 178 g/mol. The fraction of sp³-hybridized carbons (Fsp3) is 0.364. The molecule has 0 aliphatic heterocycles. The van der Waals surface area contributed by atoms with Crippen LogP contribution >= 0.6 is 0 Å². The molecule has 0 heterocycles. The summed E-state index contributed by atoms with van der Waals surface area (Å²) in [5, 5.41) is 9.04. The van der Waals surface area contributed by atoms with Crippen molar-refractivity contribution in [3.8, 4) is 0 Å². The number of Topliss-reactive ketones (excluding diaryl/α,β-unsaturated/α-hetero) is 1. The highest BCUT2D eigenvalue weighted by Gasteiger charge is 2.03. The Morgan fingerprint density at radius 2 is 2.08 bits per heavy atom. The fourth-order valence-electron chi connectivity index (χ4n) is 1.34. The van der Waals surface area contributed by atoms with Crippen LogP contribution in [-0.4, -0.2) is 10.9 Å². The zero-order chi connectivity index (χ0) is 9.84. The third-order valence-electron chi connectivity index (χ3n) is 1.97. The van der Waals surface area contributed by atoms with Crippen molar-refractivity contribution < 1.29 is 9.90 Å². The summed E-state index contributed by atoms with van der Waals surface area (Å²) in [7, 11) is 0. The van der Waals surface area contributed by atoms with E-state index in [0.29, 0.717) is 6.42 Å². The Labute approximate surface area is 78.2 Å². The maximum Gasteiger partial charge on any atom is 0.134 e. The minimum absolute atomic E-state index is 0.00426. The van der Waals surface area contributed by atoms with Crippen molar-refractivity contribution in [2.24, 2.45) is 0 Å². The summed E-state index contributed by atoms with van der Waals surface area (Å²) in [5.74, 6) is 0.124. The van der Waals surface area contributed by atoms with Crippen LogP contribution in [0.4, 0.5) is 0 Å². The molecule has 0 unspecified atom stereocenters. The summed E-state index contributed by atoms with van der Waals surface area (Å²) in [5.41, 5.74) is 2.90. The van der Waals surface area contributed by atoms with E-state index in [0.717, 1.165) is 16.7 Å². The summed E-state index contributed by atoms with van der Waals surface area (Å²) in [6.45, 7) is 3.53. The molecule has 0 aliphatic carbocycles. The van der Waals surface area contributed by atoms with Crippen LogP contribution in [0.2, 0.25) is 0 Å². The minimum atomic E-state index is 0.00426. The van der Waals surface area contributed by atoms with Gasteiger partial charge in [-0.3, -0.25) is 4.79 Å². The van der Waals surface area contributed by atoms with Crippen molar-refractivity contribution in [3.63, 3.8) is 0 Å². The lowest BCUT2D eigenvalue weighted by Gasteiger charge is -2.06. The number of carbonyl (C=O) groups is 1. The largest absolute Gasteiger partial charge is 0.392 e. The van der Waals surface area contributed by atoms with Gasteiger partial charge in [0.2, 0.25) is 0 Å². The average Bonchev–Trinajstić information content (AvgIpc) is 2.07. The van der Waals surface area contributed by atoms with Crippen LogP contribution in [0.1, 0.15) is 23.6 Å². The molecule has 0 atom stereocenters. The molecule has 1 aromatic rings. The van der Waals surface area contributed by atoms with E-state index < -0.39 is 0 Å². The molecule has 0 saturated heterocycles. The Morgan fingerprint density at radius 1 is 1.38 bits per heavy atom. The first-order valence-electron chi connectivity index (χ1n) is 4.32. The first-order valence-corrected chi connectivity index (χ1v) is 4.32. The van der Waals surface area contributed by atoms with Crippen LogP contribution in [0.5, 0.6) is 0 Å². The van der Waals surface area contributed by atoms with E-state index in [9.17, 15) is 4.79 Å². The van der Waals surface area contributed by atoms with Gasteiger partial charge in [0.15, 0.2) is 0 Å². The van der Waals surface area contributed by atoms with Crippen LogP contribution in [-0.2, 0) is 17.8 Å². The third-order valence-corrected chi connectivity index (χ3v) is 1.97. The smallest absolute Gasteiger partial charge is 0.134 e. The predicted octanol–water partition coefficient (Wildman–Crippen LogP) is 1.62. The number of aryl methyl sites for hydroxylation is 1. The molecule has 0 aromatic heterocycles. The molecule has 0 spiro atoms. The standard InChI is InChI=1S/C11H14O2/c1-8-3-4-10(6-9(2)13)11(5-8)7-12/h3-5,12H,6-7H2,1-2H3. The molecule has 2 nitrogen and oxygen atoms in total. The molecule has 0 amide bonds. The fourth-order valence-corrected chi connectivity index (χ4v) is 1.34. The van der Waals surface area contributed by atoms with Crippen molar-refractivity contribution in [2.75, 3.05) is 0 Å². The zero-order valence-corrected chi connectivity index (χ0v) is 8.00. The summed E-state index contributed by atoms with van der Waals surface area (Å²) in [6, 6.07) is 5.78. The summed E-state index contributed by atoms with van der Waals surface area (Å²) in [4.78, 5) is 10.9. The highest BCUT2D eigenvalue weighted by atomic mass is 16.3. The van der Waals surface area contributed by atoms with Gasteiger partial charge in [-0.15, -0.1) is 0 Å². The Hall–Kier alpha value is -1.15. The molecule has 1 N–H and O–H groups in total. The Morgan fingerprint density at radius 3 is 2.62 bits per heavy atom. The second-order valence-corrected chi connectivity index (χ2v) is 3.31. The number of benzene rings is 1. The van der Waals surface area contributed by atoms with Crippen LogP contribution in [0.25, 0.3) is 0 Å². The first-order chi connectivity index (χ1) is 6.13. The van der Waals surface area contributed by atoms with Gasteiger partial charge in [0, 0.05) is 6.42 Å². The Kier molecular flexibility index (Phi) is 3.20. The number of ketones is 1. The lowest BCUT2D eigenvalue weighted by atomic mass is 10.0. The van der Waals surface area contributed by atoms with Gasteiger partial charge < -0.3 is 5.11 Å². The molecule has 0 saturated carbocycles. The molecule has 70 valence electrons. The number of hydrogen-bond acceptors (Lipinski definition) is 2. The molecule has 13 heavy (non-hydrogen) atoms. The van der Waals surface area contributed by atoms with Crippen molar-refractivity contribution in [3.05, 3.63) is 34.9 Å². The van der Waals surface area contributed by atoms with Gasteiger partial charge in [0.05, 0.1) is 6.61 Å². The van der Waals surface area contributed by atoms with E-state index in [4.69, 9.17) is 5.11 Å². The van der Waals surface area contributed by atoms with Crippen molar-refractivity contribution in [2.45, 2.75) is 26.9 Å². The maximum atomic E-state index is 10.9. The van der Waals surface area contributed by atoms with Gasteiger partial charge >= 0.3 is 0 Å². The SMILES string of the molecule is CC(=O)Cc1ccc(C)cc1CO. The number of aliphatic hydroxyl groups excluding tert-OH is 1. The highest BCUT2D eigenvalue weighted by molar-refractivity contribution is 5.78. The number of rotatable bonds is 3. The molecular weight excluding hydrogens is 164 g/mol. The van der Waals surface area contributed by atoms with E-state index in [1.807, 2.05) is 25.1 Å². The third kappa shape index (κ3) is 2.67. The normalized spacial score (nSPS) is 10.1. The molecule has 0 fully saturated rings. The van der Waals surface area contributed by atoms with Crippen LogP contribution in [0, 0.1) is 6.92 Å². The molecule has 0 bridgehead atoms. The Balaban J connectivity index is 2.99. The van der Waals surface area contributed by atoms with Crippen LogP contribution in [0.15, 0.2) is 18.2 Å². The van der Waals surface area contributed by atoms with Crippen molar-refractivity contribution >= 4 is 5.78 Å². The molecule has 0 aliphatic rings. The van der Waals surface area contributed by atoms with Crippen molar-refractivity contribution in [1.82, 2.24) is 0 Å². The lowest BCUT2D eigenvalue weighted by molar-refractivity contribution is -0.116. The maximum absolute atomic E-state index is 10.9. The number of aliphatic hydroxyl groups is 1. The summed E-state index contributed by atoms with van der Waals surface area (Å²) >= 11 is 0. The van der Waals surface area contributed by atoms with E-state index in [1.54, 1.807) is 6.92 Å². The predicted molar refractivity (Wildman–Crippen MR) is 51.5 cm³/mol. The van der Waals surface area contributed by atoms with Gasteiger partial charge in [-0.2, -0.15) is 0 Å². The van der Waals surface area contributed by atoms with Gasteiger partial charge in [-0.25, -0.2) is 0 Å². The number of carbonyl (C=O) groups excluding carboxylic acids is 1. The molecule has 1 rings (SSSR count). The van der Waals surface area contributed by atoms with E-state index in [2.05, 4.69) is 0 Å². The molecule has 2 heteroatoms.